The van der Waals surface area contributed by atoms with Crippen molar-refractivity contribution in [2.24, 2.45) is 0 Å². The molecule has 3 aromatic carbocycles. The first-order chi connectivity index (χ1) is 17.8. The minimum absolute atomic E-state index is 0.114. The fourth-order valence-electron chi connectivity index (χ4n) is 4.33. The lowest BCUT2D eigenvalue weighted by Gasteiger charge is -2.30. The van der Waals surface area contributed by atoms with Gasteiger partial charge >= 0.3 is 0 Å². The van der Waals surface area contributed by atoms with Crippen LogP contribution in [-0.2, 0) is 20.9 Å². The summed E-state index contributed by atoms with van der Waals surface area (Å²) in [6, 6.07) is 18.3. The van der Waals surface area contributed by atoms with Crippen LogP contribution in [0.4, 0.5) is 11.4 Å². The maximum Gasteiger partial charge on any atom is 0.299 e. The third-order valence-corrected chi connectivity index (χ3v) is 6.45. The summed E-state index contributed by atoms with van der Waals surface area (Å²) >= 11 is 0. The number of anilines is 2. The normalized spacial score (nSPS) is 14.4. The van der Waals surface area contributed by atoms with Gasteiger partial charge in [0.2, 0.25) is 18.6 Å². The fraction of sp³-hybridized carbons (Fsp3) is 0.214. The van der Waals surface area contributed by atoms with Crippen molar-refractivity contribution in [3.63, 3.8) is 0 Å². The van der Waals surface area contributed by atoms with Gasteiger partial charge in [0.05, 0.1) is 11.3 Å². The van der Waals surface area contributed by atoms with E-state index in [9.17, 15) is 19.2 Å². The Morgan fingerprint density at radius 3 is 2.51 bits per heavy atom. The first-order valence-electron chi connectivity index (χ1n) is 11.8. The molecule has 0 bridgehead atoms. The Morgan fingerprint density at radius 1 is 1.00 bits per heavy atom. The van der Waals surface area contributed by atoms with Crippen molar-refractivity contribution in [3.05, 3.63) is 83.4 Å². The van der Waals surface area contributed by atoms with Gasteiger partial charge < -0.3 is 19.7 Å². The molecule has 5 rings (SSSR count). The number of nitrogens with zero attached hydrogens (tertiary/aromatic N) is 2. The van der Waals surface area contributed by atoms with Crippen LogP contribution in [0, 0.1) is 6.92 Å². The number of Topliss-reactive ketones (excluding diaryl/α,β-unsaturated/α-hetero) is 1. The number of nitrogens with one attached hydrogen (secondary N) is 1. The number of hydrogen-bond donors (Lipinski definition) is 1. The van der Waals surface area contributed by atoms with Gasteiger partial charge in [-0.1, -0.05) is 42.0 Å². The topological polar surface area (TPSA) is 105 Å². The lowest BCUT2D eigenvalue weighted by Crippen LogP contribution is -2.49. The van der Waals surface area contributed by atoms with Crippen LogP contribution in [0.15, 0.2) is 66.7 Å². The fourth-order valence-corrected chi connectivity index (χ4v) is 4.33. The van der Waals surface area contributed by atoms with Crippen LogP contribution in [-0.4, -0.2) is 47.8 Å². The van der Waals surface area contributed by atoms with Crippen LogP contribution in [0.2, 0.25) is 0 Å². The number of ether oxygens (including phenoxy) is 2. The third kappa shape index (κ3) is 4.75. The van der Waals surface area contributed by atoms with Crippen molar-refractivity contribution in [1.29, 1.82) is 0 Å². The Bertz CT molecular complexity index is 1400. The van der Waals surface area contributed by atoms with E-state index in [1.807, 2.05) is 31.2 Å². The van der Waals surface area contributed by atoms with E-state index < -0.39 is 29.5 Å². The number of ketones is 1. The van der Waals surface area contributed by atoms with Gasteiger partial charge in [-0.25, -0.2) is 0 Å². The average Bonchev–Trinajstić information content (AvgIpc) is 3.46. The summed E-state index contributed by atoms with van der Waals surface area (Å²) in [5, 5.41) is 2.82. The lowest BCUT2D eigenvalue weighted by atomic mass is 10.1. The molecular weight excluding hydrogens is 474 g/mol. The average molecular weight is 500 g/mol. The quantitative estimate of drug-likeness (QED) is 0.500. The standard InChI is InChI=1S/C28H25N3O6/c1-17-7-9-19(10-8-17)14-30(18(2)27(34)29-20-11-12-23-24(13-20)37-16-36-23)25(32)15-31-22-6-4-3-5-21(22)26(33)28(31)35/h3-13,18H,14-16H2,1-2H3,(H,29,34). The van der Waals surface area contributed by atoms with Crippen molar-refractivity contribution < 1.29 is 28.7 Å². The molecule has 188 valence electrons. The molecular formula is C28H25N3O6. The Kier molecular flexibility index (Phi) is 6.35. The summed E-state index contributed by atoms with van der Waals surface area (Å²) in [6.07, 6.45) is 0. The molecule has 0 saturated carbocycles. The first kappa shape index (κ1) is 24.1. The third-order valence-electron chi connectivity index (χ3n) is 6.45. The van der Waals surface area contributed by atoms with E-state index in [0.29, 0.717) is 22.9 Å². The van der Waals surface area contributed by atoms with Gasteiger partial charge in [0.25, 0.3) is 11.7 Å². The molecule has 0 spiro atoms. The van der Waals surface area contributed by atoms with Crippen molar-refractivity contribution in [2.45, 2.75) is 26.4 Å². The number of carbonyl (C=O) groups is 4. The number of aryl methyl sites for hydroxylation is 1. The predicted octanol–water partition coefficient (Wildman–Crippen LogP) is 3.31. The largest absolute Gasteiger partial charge is 0.454 e. The Labute approximate surface area is 213 Å². The highest BCUT2D eigenvalue weighted by Gasteiger charge is 2.38. The number of benzene rings is 3. The number of rotatable bonds is 7. The first-order valence-corrected chi connectivity index (χ1v) is 11.8. The van der Waals surface area contributed by atoms with E-state index >= 15 is 0 Å². The Balaban J connectivity index is 1.38. The van der Waals surface area contributed by atoms with Crippen molar-refractivity contribution >= 4 is 34.9 Å². The summed E-state index contributed by atoms with van der Waals surface area (Å²) in [5.41, 5.74) is 3.04. The number of amides is 3. The van der Waals surface area contributed by atoms with Crippen LogP contribution in [0.3, 0.4) is 0 Å². The van der Waals surface area contributed by atoms with Crippen LogP contribution in [0.5, 0.6) is 11.5 Å². The van der Waals surface area contributed by atoms with E-state index in [2.05, 4.69) is 5.32 Å². The smallest absolute Gasteiger partial charge is 0.299 e. The number of para-hydroxylation sites is 1. The molecule has 0 saturated heterocycles. The highest BCUT2D eigenvalue weighted by molar-refractivity contribution is 6.52. The highest BCUT2D eigenvalue weighted by Crippen LogP contribution is 2.34. The number of hydrogen-bond acceptors (Lipinski definition) is 6. The molecule has 0 aliphatic carbocycles. The molecule has 9 nitrogen and oxygen atoms in total. The monoisotopic (exact) mass is 499 g/mol. The summed E-state index contributed by atoms with van der Waals surface area (Å²) in [7, 11) is 0. The van der Waals surface area contributed by atoms with Gasteiger partial charge in [-0.3, -0.25) is 24.1 Å². The molecule has 3 aromatic rings. The second-order valence-corrected chi connectivity index (χ2v) is 8.98. The van der Waals surface area contributed by atoms with Crippen molar-refractivity contribution in [1.82, 2.24) is 4.90 Å². The van der Waals surface area contributed by atoms with E-state index in [4.69, 9.17) is 9.47 Å². The minimum Gasteiger partial charge on any atom is -0.454 e. The summed E-state index contributed by atoms with van der Waals surface area (Å²) in [5.74, 6) is -1.18. The Hall–Kier alpha value is -4.66. The molecule has 2 aliphatic rings. The second kappa shape index (κ2) is 9.77. The maximum absolute atomic E-state index is 13.6. The van der Waals surface area contributed by atoms with E-state index in [-0.39, 0.29) is 25.4 Å². The SMILES string of the molecule is Cc1ccc(CN(C(=O)CN2C(=O)C(=O)c3ccccc32)C(C)C(=O)Nc2ccc3c(c2)OCO3)cc1. The van der Waals surface area contributed by atoms with Gasteiger partial charge in [-0.05, 0) is 43.7 Å². The van der Waals surface area contributed by atoms with Gasteiger partial charge in [0.15, 0.2) is 11.5 Å². The zero-order valence-electron chi connectivity index (χ0n) is 20.4. The maximum atomic E-state index is 13.6. The van der Waals surface area contributed by atoms with Gasteiger partial charge in [0, 0.05) is 18.3 Å². The minimum atomic E-state index is -0.886. The predicted molar refractivity (Wildman–Crippen MR) is 136 cm³/mol. The van der Waals surface area contributed by atoms with Crippen molar-refractivity contribution in [3.8, 4) is 11.5 Å². The van der Waals surface area contributed by atoms with E-state index in [1.165, 1.54) is 9.80 Å². The molecule has 37 heavy (non-hydrogen) atoms. The van der Waals surface area contributed by atoms with Gasteiger partial charge in [-0.2, -0.15) is 0 Å². The van der Waals surface area contributed by atoms with Crippen LogP contribution in [0.1, 0.15) is 28.4 Å². The number of fused-ring (bicyclic) bond motifs is 2. The zero-order valence-corrected chi connectivity index (χ0v) is 20.4. The van der Waals surface area contributed by atoms with Crippen molar-refractivity contribution in [2.75, 3.05) is 23.6 Å². The van der Waals surface area contributed by atoms with E-state index in [1.54, 1.807) is 49.4 Å². The van der Waals surface area contributed by atoms with Crippen LogP contribution in [0.25, 0.3) is 0 Å². The molecule has 1 N–H and O–H groups in total. The Morgan fingerprint density at radius 2 is 1.73 bits per heavy atom. The summed E-state index contributed by atoms with van der Waals surface area (Å²) < 4.78 is 10.7. The van der Waals surface area contributed by atoms with Crippen LogP contribution >= 0.6 is 0 Å². The van der Waals surface area contributed by atoms with Gasteiger partial charge in [-0.15, -0.1) is 0 Å². The zero-order chi connectivity index (χ0) is 26.1. The van der Waals surface area contributed by atoms with Gasteiger partial charge in [0.1, 0.15) is 12.6 Å². The van der Waals surface area contributed by atoms with Crippen LogP contribution < -0.4 is 19.7 Å². The molecule has 2 aliphatic heterocycles. The second-order valence-electron chi connectivity index (χ2n) is 8.98. The molecule has 1 atom stereocenters. The molecule has 0 fully saturated rings. The summed E-state index contributed by atoms with van der Waals surface area (Å²) in [4.78, 5) is 54.5. The molecule has 1 unspecified atom stereocenters. The molecule has 0 aromatic heterocycles. The molecule has 3 amide bonds. The molecule has 2 heterocycles. The molecule has 0 radical (unpaired) electrons. The molecule has 9 heteroatoms. The summed E-state index contributed by atoms with van der Waals surface area (Å²) in [6.45, 7) is 3.48. The van der Waals surface area contributed by atoms with E-state index in [0.717, 1.165) is 11.1 Å². The highest BCUT2D eigenvalue weighted by atomic mass is 16.7. The number of carbonyl (C=O) groups excluding carboxylic acids is 4. The lowest BCUT2D eigenvalue weighted by molar-refractivity contribution is -0.138.